The van der Waals surface area contributed by atoms with Gasteiger partial charge in [-0.15, -0.1) is 0 Å². The summed E-state index contributed by atoms with van der Waals surface area (Å²) in [6, 6.07) is 0. The van der Waals surface area contributed by atoms with E-state index < -0.39 is 0 Å². The van der Waals surface area contributed by atoms with Crippen LogP contribution in [0, 0.1) is 0 Å². The van der Waals surface area contributed by atoms with Crippen LogP contribution >= 0.6 is 0 Å². The fraction of sp³-hybridized carbons (Fsp3) is 0.600. The Balaban J connectivity index is 0. The van der Waals surface area contributed by atoms with Crippen molar-refractivity contribution in [1.82, 2.24) is 0 Å². The van der Waals surface area contributed by atoms with Crippen LogP contribution in [-0.2, 0) is 9.47 Å². The molecule has 0 N–H and O–H groups in total. The second-order valence-electron chi connectivity index (χ2n) is 2.88. The number of rotatable bonds is 2. The third-order valence-corrected chi connectivity index (χ3v) is 1.95. The first kappa shape index (κ1) is 18.2. The number of hydrogen-bond donors (Lipinski definition) is 0. The highest BCUT2D eigenvalue weighted by Gasteiger charge is 2.20. The van der Waals surface area contributed by atoms with E-state index >= 15 is 0 Å². The largest absolute Gasteiger partial charge is 0.486 e. The van der Waals surface area contributed by atoms with Gasteiger partial charge in [0.1, 0.15) is 12.7 Å². The zero-order chi connectivity index (χ0) is 13.7. The summed E-state index contributed by atoms with van der Waals surface area (Å²) in [5.74, 6) is 1.60. The van der Waals surface area contributed by atoms with Crippen LogP contribution < -0.4 is 0 Å². The normalized spacial score (nSPS) is 22.4. The fourth-order valence-electron chi connectivity index (χ4n) is 1.18. The molecule has 2 heteroatoms. The number of allylic oxidation sites excluding steroid dienone is 3. The molecule has 1 aliphatic heterocycles. The third kappa shape index (κ3) is 6.88. The topological polar surface area (TPSA) is 18.5 Å². The Morgan fingerprint density at radius 1 is 1.24 bits per heavy atom. The van der Waals surface area contributed by atoms with Gasteiger partial charge in [0.05, 0.1) is 0 Å². The maximum Gasteiger partial charge on any atom is 0.161 e. The molecule has 1 heterocycles. The van der Waals surface area contributed by atoms with Gasteiger partial charge in [-0.1, -0.05) is 47.3 Å². The van der Waals surface area contributed by atoms with Crippen molar-refractivity contribution in [1.29, 1.82) is 0 Å². The van der Waals surface area contributed by atoms with Crippen LogP contribution in [0.5, 0.6) is 0 Å². The summed E-state index contributed by atoms with van der Waals surface area (Å²) in [7, 11) is 0. The molecule has 2 nitrogen and oxygen atoms in total. The minimum absolute atomic E-state index is 0.176. The Hall–Kier alpha value is -1.18. The van der Waals surface area contributed by atoms with Crippen LogP contribution in [0.4, 0.5) is 0 Å². The zero-order valence-corrected chi connectivity index (χ0v) is 12.2. The average Bonchev–Trinajstić information content (AvgIpc) is 2.43. The van der Waals surface area contributed by atoms with Crippen LogP contribution in [0.15, 0.2) is 36.3 Å². The molecule has 0 aliphatic carbocycles. The summed E-state index contributed by atoms with van der Waals surface area (Å²) in [5, 5.41) is 0. The predicted molar refractivity (Wildman–Crippen MR) is 75.8 cm³/mol. The summed E-state index contributed by atoms with van der Waals surface area (Å²) in [5.41, 5.74) is 0. The molecule has 1 aliphatic rings. The van der Waals surface area contributed by atoms with Gasteiger partial charge in [0.25, 0.3) is 0 Å². The molecule has 0 amide bonds. The molecule has 0 aromatic heterocycles. The highest BCUT2D eigenvalue weighted by molar-refractivity contribution is 5.24. The predicted octanol–water partition coefficient (Wildman–Crippen LogP) is 4.84. The molecule has 1 atom stereocenters. The molecule has 0 aromatic carbocycles. The van der Waals surface area contributed by atoms with E-state index in [0.717, 1.165) is 17.9 Å². The maximum atomic E-state index is 5.68. The Kier molecular flexibility index (Phi) is 13.8. The van der Waals surface area contributed by atoms with E-state index in [0.29, 0.717) is 6.61 Å². The van der Waals surface area contributed by atoms with Crippen LogP contribution in [-0.4, -0.2) is 12.7 Å². The van der Waals surface area contributed by atoms with E-state index in [2.05, 4.69) is 13.5 Å². The van der Waals surface area contributed by atoms with Gasteiger partial charge in [-0.3, -0.25) is 0 Å². The molecule has 0 spiro atoms. The van der Waals surface area contributed by atoms with Crippen molar-refractivity contribution in [3.05, 3.63) is 36.3 Å². The number of ether oxygens (including phenoxy) is 2. The summed E-state index contributed by atoms with van der Waals surface area (Å²) >= 11 is 0. The van der Waals surface area contributed by atoms with Crippen LogP contribution in [0.2, 0.25) is 0 Å². The molecule has 1 fully saturated rings. The van der Waals surface area contributed by atoms with Gasteiger partial charge < -0.3 is 9.47 Å². The summed E-state index contributed by atoms with van der Waals surface area (Å²) in [6.07, 6.45) is 6.58. The first-order valence-corrected chi connectivity index (χ1v) is 6.60. The highest BCUT2D eigenvalue weighted by atomic mass is 16.6. The first-order valence-electron chi connectivity index (χ1n) is 6.60. The lowest BCUT2D eigenvalue weighted by molar-refractivity contribution is -0.00853. The molecular formula is C15H28O2. The standard InChI is InChI=1S/C11H16O2.2C2H6/c1-4-7-11-10(6-3)12-8-9(5-2)13-11;2*1-2/h4,6-7,9H,1,5,8H2,2-3H3;2*1-2H3/b10-6+,11-7+;;. The first-order chi connectivity index (χ1) is 8.31. The molecule has 0 saturated carbocycles. The monoisotopic (exact) mass is 240 g/mol. The van der Waals surface area contributed by atoms with E-state index in [1.54, 1.807) is 6.08 Å². The van der Waals surface area contributed by atoms with Crippen molar-refractivity contribution in [2.45, 2.75) is 54.1 Å². The maximum absolute atomic E-state index is 5.68. The van der Waals surface area contributed by atoms with E-state index in [1.807, 2.05) is 46.8 Å². The molecule has 1 unspecified atom stereocenters. The zero-order valence-electron chi connectivity index (χ0n) is 12.2. The highest BCUT2D eigenvalue weighted by Crippen LogP contribution is 2.23. The molecule has 100 valence electrons. The van der Waals surface area contributed by atoms with Crippen molar-refractivity contribution < 1.29 is 9.47 Å². The van der Waals surface area contributed by atoms with Gasteiger partial charge >= 0.3 is 0 Å². The van der Waals surface area contributed by atoms with Gasteiger partial charge in [-0.05, 0) is 25.5 Å². The molecular weight excluding hydrogens is 212 g/mol. The molecule has 0 radical (unpaired) electrons. The van der Waals surface area contributed by atoms with Gasteiger partial charge in [0, 0.05) is 0 Å². The Bertz CT molecular complexity index is 239. The Morgan fingerprint density at radius 2 is 1.82 bits per heavy atom. The minimum Gasteiger partial charge on any atom is -0.486 e. The van der Waals surface area contributed by atoms with E-state index in [-0.39, 0.29) is 6.10 Å². The molecule has 0 aromatic rings. The van der Waals surface area contributed by atoms with E-state index in [1.165, 1.54) is 0 Å². The molecule has 0 bridgehead atoms. The smallest absolute Gasteiger partial charge is 0.161 e. The summed E-state index contributed by atoms with van der Waals surface area (Å²) < 4.78 is 11.2. The van der Waals surface area contributed by atoms with E-state index in [9.17, 15) is 0 Å². The second-order valence-corrected chi connectivity index (χ2v) is 2.88. The van der Waals surface area contributed by atoms with Crippen molar-refractivity contribution in [3.63, 3.8) is 0 Å². The van der Waals surface area contributed by atoms with Gasteiger partial charge in [-0.25, -0.2) is 0 Å². The second kappa shape index (κ2) is 12.9. The van der Waals surface area contributed by atoms with Crippen molar-refractivity contribution in [2.75, 3.05) is 6.61 Å². The van der Waals surface area contributed by atoms with Gasteiger partial charge in [-0.2, -0.15) is 0 Å². The fourth-order valence-corrected chi connectivity index (χ4v) is 1.18. The van der Waals surface area contributed by atoms with Gasteiger partial charge in [0.15, 0.2) is 11.5 Å². The third-order valence-electron chi connectivity index (χ3n) is 1.95. The van der Waals surface area contributed by atoms with Crippen LogP contribution in [0.3, 0.4) is 0 Å². The summed E-state index contributed by atoms with van der Waals surface area (Å²) in [6.45, 7) is 16.3. The lowest BCUT2D eigenvalue weighted by Gasteiger charge is -2.27. The molecule has 17 heavy (non-hydrogen) atoms. The summed E-state index contributed by atoms with van der Waals surface area (Å²) in [4.78, 5) is 0. The average molecular weight is 240 g/mol. The van der Waals surface area contributed by atoms with Gasteiger partial charge in [0.2, 0.25) is 0 Å². The number of hydrogen-bond acceptors (Lipinski definition) is 2. The lowest BCUT2D eigenvalue weighted by Crippen LogP contribution is -2.25. The quantitative estimate of drug-likeness (QED) is 0.687. The van der Waals surface area contributed by atoms with E-state index in [4.69, 9.17) is 9.47 Å². The van der Waals surface area contributed by atoms with Crippen LogP contribution in [0.25, 0.3) is 0 Å². The van der Waals surface area contributed by atoms with Crippen molar-refractivity contribution >= 4 is 0 Å². The Labute approximate surface area is 107 Å². The SMILES string of the molecule is C=C/C=C1/OC(CC)CO/C1=C/C.CC.CC. The van der Waals surface area contributed by atoms with Crippen LogP contribution in [0.1, 0.15) is 48.0 Å². The lowest BCUT2D eigenvalue weighted by atomic mass is 10.2. The van der Waals surface area contributed by atoms with Crippen molar-refractivity contribution in [3.8, 4) is 0 Å². The Morgan fingerprint density at radius 3 is 2.24 bits per heavy atom. The molecule has 1 rings (SSSR count). The molecule has 1 saturated heterocycles. The minimum atomic E-state index is 0.176. The van der Waals surface area contributed by atoms with Crippen molar-refractivity contribution in [2.24, 2.45) is 0 Å².